The second-order valence-electron chi connectivity index (χ2n) is 7.28. The molecule has 2 rings (SSSR count). The molecule has 1 aromatic rings. The minimum absolute atomic E-state index is 0. The normalized spacial score (nSPS) is 17.5. The van der Waals surface area contributed by atoms with Crippen LogP contribution in [0, 0.1) is 5.41 Å². The van der Waals surface area contributed by atoms with Gasteiger partial charge in [-0.3, -0.25) is 0 Å². The molecule has 5 nitrogen and oxygen atoms in total. The number of rotatable bonds is 5. The number of methoxy groups -OCH3 is 1. The monoisotopic (exact) mass is 461 g/mol. The highest BCUT2D eigenvalue weighted by molar-refractivity contribution is 14.0. The summed E-state index contributed by atoms with van der Waals surface area (Å²) < 4.78 is 5.07. The molecular weight excluding hydrogens is 429 g/mol. The number of benzene rings is 1. The van der Waals surface area contributed by atoms with E-state index in [1.165, 1.54) is 25.7 Å². The van der Waals surface area contributed by atoms with E-state index in [4.69, 9.17) is 4.74 Å². The van der Waals surface area contributed by atoms with Crippen LogP contribution in [0.4, 0.5) is 0 Å². The second kappa shape index (κ2) is 10.1. The topological polar surface area (TPSA) is 65.9 Å². The van der Waals surface area contributed by atoms with Crippen molar-refractivity contribution in [2.45, 2.75) is 59.0 Å². The molecule has 0 atom stereocenters. The van der Waals surface area contributed by atoms with E-state index in [2.05, 4.69) is 36.4 Å². The number of aliphatic imine (C=N–C) groups is 1. The van der Waals surface area contributed by atoms with E-state index in [1.54, 1.807) is 19.2 Å². The molecule has 0 heterocycles. The molecular formula is C19H32IN3O2. The lowest BCUT2D eigenvalue weighted by Gasteiger charge is -2.35. The van der Waals surface area contributed by atoms with Crippen molar-refractivity contribution in [3.05, 3.63) is 23.8 Å². The fraction of sp³-hybridized carbons (Fsp3) is 0.632. The Balaban J connectivity index is 0.00000312. The van der Waals surface area contributed by atoms with Gasteiger partial charge >= 0.3 is 0 Å². The van der Waals surface area contributed by atoms with Crippen LogP contribution in [0.5, 0.6) is 11.5 Å². The maximum atomic E-state index is 9.87. The zero-order valence-electron chi connectivity index (χ0n) is 15.8. The third-order valence-electron chi connectivity index (χ3n) is 4.69. The lowest BCUT2D eigenvalue weighted by Crippen LogP contribution is -2.45. The first-order valence-corrected chi connectivity index (χ1v) is 8.84. The lowest BCUT2D eigenvalue weighted by molar-refractivity contribution is 0.216. The lowest BCUT2D eigenvalue weighted by atomic mass is 9.75. The Morgan fingerprint density at radius 2 is 2.00 bits per heavy atom. The van der Waals surface area contributed by atoms with E-state index in [9.17, 15) is 5.11 Å². The largest absolute Gasteiger partial charge is 0.504 e. The number of phenols is 1. The number of hydrogen-bond donors (Lipinski definition) is 3. The number of halogens is 1. The van der Waals surface area contributed by atoms with E-state index in [0.29, 0.717) is 23.8 Å². The van der Waals surface area contributed by atoms with E-state index in [-0.39, 0.29) is 29.7 Å². The Morgan fingerprint density at radius 3 is 2.56 bits per heavy atom. The molecule has 1 saturated carbocycles. The predicted octanol–water partition coefficient (Wildman–Crippen LogP) is 4.04. The summed E-state index contributed by atoms with van der Waals surface area (Å²) >= 11 is 0. The van der Waals surface area contributed by atoms with E-state index in [0.717, 1.165) is 18.1 Å². The standard InChI is InChI=1S/C19H31N3O2.HI/c1-5-20-18(22-15-8-10-19(2,3)11-9-15)21-13-14-6-7-17(24-4)16(23)12-14;/h6-7,12,15,23H,5,8-11,13H2,1-4H3,(H2,20,21,22);1H. The zero-order chi connectivity index (χ0) is 17.6. The van der Waals surface area contributed by atoms with Crippen LogP contribution in [0.15, 0.2) is 23.2 Å². The first-order valence-electron chi connectivity index (χ1n) is 8.84. The van der Waals surface area contributed by atoms with Crippen LogP contribution in [0.25, 0.3) is 0 Å². The number of nitrogens with zero attached hydrogens (tertiary/aromatic N) is 1. The Labute approximate surface area is 168 Å². The summed E-state index contributed by atoms with van der Waals surface area (Å²) in [6.07, 6.45) is 4.86. The molecule has 142 valence electrons. The Bertz CT molecular complexity index is 566. The molecule has 0 aromatic heterocycles. The molecule has 0 amide bonds. The Morgan fingerprint density at radius 1 is 1.32 bits per heavy atom. The molecule has 0 spiro atoms. The third-order valence-corrected chi connectivity index (χ3v) is 4.69. The van der Waals surface area contributed by atoms with Crippen molar-refractivity contribution in [2.75, 3.05) is 13.7 Å². The number of aromatic hydroxyl groups is 1. The van der Waals surface area contributed by atoms with Crippen LogP contribution in [0.1, 0.15) is 52.0 Å². The molecule has 1 fully saturated rings. The minimum atomic E-state index is 0. The molecule has 25 heavy (non-hydrogen) atoms. The number of phenolic OH excluding ortho intramolecular Hbond substituents is 1. The highest BCUT2D eigenvalue weighted by Gasteiger charge is 2.27. The van der Waals surface area contributed by atoms with Gasteiger partial charge in [0.1, 0.15) is 0 Å². The van der Waals surface area contributed by atoms with E-state index in [1.807, 2.05) is 6.07 Å². The number of guanidine groups is 1. The molecule has 1 aromatic carbocycles. The fourth-order valence-electron chi connectivity index (χ4n) is 3.06. The van der Waals surface area contributed by atoms with Gasteiger partial charge in [0.2, 0.25) is 0 Å². The summed E-state index contributed by atoms with van der Waals surface area (Å²) in [5, 5.41) is 16.7. The van der Waals surface area contributed by atoms with Crippen LogP contribution < -0.4 is 15.4 Å². The summed E-state index contributed by atoms with van der Waals surface area (Å²) in [6.45, 7) is 8.11. The van der Waals surface area contributed by atoms with Gasteiger partial charge in [0.25, 0.3) is 0 Å². The molecule has 0 aliphatic heterocycles. The Kier molecular flexibility index (Phi) is 8.82. The SMILES string of the molecule is CCNC(=NCc1ccc(OC)c(O)c1)NC1CCC(C)(C)CC1.I. The number of ether oxygens (including phenoxy) is 1. The van der Waals surface area contributed by atoms with Crippen LogP contribution >= 0.6 is 24.0 Å². The van der Waals surface area contributed by atoms with Gasteiger partial charge in [-0.25, -0.2) is 4.99 Å². The van der Waals surface area contributed by atoms with Gasteiger partial charge in [-0.2, -0.15) is 0 Å². The smallest absolute Gasteiger partial charge is 0.191 e. The molecule has 6 heteroatoms. The first kappa shape index (κ1) is 21.9. The van der Waals surface area contributed by atoms with Crippen molar-refractivity contribution in [1.29, 1.82) is 0 Å². The molecule has 0 unspecified atom stereocenters. The maximum absolute atomic E-state index is 9.87. The van der Waals surface area contributed by atoms with Crippen molar-refractivity contribution in [3.63, 3.8) is 0 Å². The summed E-state index contributed by atoms with van der Waals surface area (Å²) in [5.74, 6) is 1.48. The molecule has 0 radical (unpaired) electrons. The van der Waals surface area contributed by atoms with Crippen molar-refractivity contribution >= 4 is 29.9 Å². The minimum Gasteiger partial charge on any atom is -0.504 e. The summed E-state index contributed by atoms with van der Waals surface area (Å²) in [6, 6.07) is 5.88. The van der Waals surface area contributed by atoms with Gasteiger partial charge in [-0.1, -0.05) is 19.9 Å². The van der Waals surface area contributed by atoms with Gasteiger partial charge < -0.3 is 20.5 Å². The molecule has 0 bridgehead atoms. The first-order chi connectivity index (χ1) is 11.4. The quantitative estimate of drug-likeness (QED) is 0.352. The van der Waals surface area contributed by atoms with Crippen LogP contribution in [0.2, 0.25) is 0 Å². The highest BCUT2D eigenvalue weighted by Crippen LogP contribution is 2.35. The Hall–Kier alpha value is -1.18. The van der Waals surface area contributed by atoms with Crippen molar-refractivity contribution in [1.82, 2.24) is 10.6 Å². The summed E-state index contributed by atoms with van der Waals surface area (Å²) in [4.78, 5) is 4.65. The van der Waals surface area contributed by atoms with Gasteiger partial charge in [-0.15, -0.1) is 24.0 Å². The van der Waals surface area contributed by atoms with Gasteiger partial charge in [0.15, 0.2) is 17.5 Å². The molecule has 1 aliphatic carbocycles. The number of nitrogens with one attached hydrogen (secondary N) is 2. The van der Waals surface area contributed by atoms with E-state index >= 15 is 0 Å². The third kappa shape index (κ3) is 6.92. The predicted molar refractivity (Wildman–Crippen MR) is 114 cm³/mol. The molecule has 3 N–H and O–H groups in total. The second-order valence-corrected chi connectivity index (χ2v) is 7.28. The van der Waals surface area contributed by atoms with Gasteiger partial charge in [0, 0.05) is 12.6 Å². The summed E-state index contributed by atoms with van der Waals surface area (Å²) in [7, 11) is 1.55. The van der Waals surface area contributed by atoms with E-state index < -0.39 is 0 Å². The number of hydrogen-bond acceptors (Lipinski definition) is 3. The molecule has 0 saturated heterocycles. The van der Waals surface area contributed by atoms with Crippen molar-refractivity contribution < 1.29 is 9.84 Å². The van der Waals surface area contributed by atoms with Crippen molar-refractivity contribution in [3.8, 4) is 11.5 Å². The van der Waals surface area contributed by atoms with Crippen molar-refractivity contribution in [2.24, 2.45) is 10.4 Å². The molecule has 1 aliphatic rings. The van der Waals surface area contributed by atoms with Crippen LogP contribution in [-0.2, 0) is 6.54 Å². The zero-order valence-corrected chi connectivity index (χ0v) is 18.1. The maximum Gasteiger partial charge on any atom is 0.191 e. The van der Waals surface area contributed by atoms with Crippen LogP contribution in [0.3, 0.4) is 0 Å². The average Bonchev–Trinajstić information content (AvgIpc) is 2.55. The average molecular weight is 461 g/mol. The highest BCUT2D eigenvalue weighted by atomic mass is 127. The summed E-state index contributed by atoms with van der Waals surface area (Å²) in [5.41, 5.74) is 1.42. The van der Waals surface area contributed by atoms with Crippen LogP contribution in [-0.4, -0.2) is 30.8 Å². The van der Waals surface area contributed by atoms with Gasteiger partial charge in [0.05, 0.1) is 13.7 Å². The fourth-order valence-corrected chi connectivity index (χ4v) is 3.06. The van der Waals surface area contributed by atoms with Gasteiger partial charge in [-0.05, 0) is 55.7 Å².